The van der Waals surface area contributed by atoms with Gasteiger partial charge in [-0.15, -0.1) is 5.10 Å². The minimum atomic E-state index is -0.551. The first-order valence-electron chi connectivity index (χ1n) is 5.95. The van der Waals surface area contributed by atoms with Crippen LogP contribution >= 0.6 is 11.6 Å². The Morgan fingerprint density at radius 3 is 2.52 bits per heavy atom. The molecule has 2 aromatic heterocycles. The molecule has 7 nitrogen and oxygen atoms in total. The van der Waals surface area contributed by atoms with E-state index in [0.717, 1.165) is 0 Å². The van der Waals surface area contributed by atoms with Crippen molar-refractivity contribution in [2.24, 2.45) is 0 Å². The second kappa shape index (κ2) is 5.29. The fourth-order valence-electron chi connectivity index (χ4n) is 1.90. The molecule has 0 radical (unpaired) electrons. The average Bonchev–Trinajstić information content (AvgIpc) is 2.87. The lowest BCUT2D eigenvalue weighted by Gasteiger charge is -1.98. The smallest absolute Gasteiger partial charge is 0.258 e. The third-order valence-corrected chi connectivity index (χ3v) is 3.15. The molecule has 3 rings (SSSR count). The van der Waals surface area contributed by atoms with Crippen molar-refractivity contribution in [3.05, 3.63) is 63.9 Å². The highest BCUT2D eigenvalue weighted by atomic mass is 35.5. The SMILES string of the molecule is O=[N+]([O-])c1c(-c2ccccc2)nn(-c2cccnn2)c1Cl. The van der Waals surface area contributed by atoms with E-state index in [2.05, 4.69) is 15.3 Å². The Balaban J connectivity index is 2.24. The van der Waals surface area contributed by atoms with Crippen LogP contribution in [0.1, 0.15) is 0 Å². The number of hydrogen-bond donors (Lipinski definition) is 0. The summed E-state index contributed by atoms with van der Waals surface area (Å²) in [5.41, 5.74) is 0.540. The molecule has 0 aliphatic rings. The van der Waals surface area contributed by atoms with Crippen LogP contribution in [0.15, 0.2) is 48.7 Å². The number of nitro groups is 1. The summed E-state index contributed by atoms with van der Waals surface area (Å²) in [5, 5.41) is 23.0. The molecular formula is C13H8ClN5O2. The van der Waals surface area contributed by atoms with Crippen LogP contribution in [0.4, 0.5) is 5.69 Å². The number of aromatic nitrogens is 4. The highest BCUT2D eigenvalue weighted by Crippen LogP contribution is 2.36. The quantitative estimate of drug-likeness (QED) is 0.548. The fraction of sp³-hybridized carbons (Fsp3) is 0. The number of rotatable bonds is 3. The summed E-state index contributed by atoms with van der Waals surface area (Å²) < 4.78 is 1.20. The second-order valence-electron chi connectivity index (χ2n) is 4.10. The summed E-state index contributed by atoms with van der Waals surface area (Å²) in [7, 11) is 0. The van der Waals surface area contributed by atoms with Gasteiger partial charge in [0.1, 0.15) is 0 Å². The van der Waals surface area contributed by atoms with E-state index in [0.29, 0.717) is 11.4 Å². The summed E-state index contributed by atoms with van der Waals surface area (Å²) in [4.78, 5) is 10.7. The van der Waals surface area contributed by atoms with Gasteiger partial charge in [-0.3, -0.25) is 10.1 Å². The van der Waals surface area contributed by atoms with Crippen molar-refractivity contribution in [1.29, 1.82) is 0 Å². The number of benzene rings is 1. The van der Waals surface area contributed by atoms with Gasteiger partial charge in [0.25, 0.3) is 0 Å². The molecule has 0 atom stereocenters. The van der Waals surface area contributed by atoms with Crippen LogP contribution in [0.2, 0.25) is 5.15 Å². The standard InChI is InChI=1S/C13H8ClN5O2/c14-13-12(19(20)21)11(9-5-2-1-3-6-9)17-18(13)10-7-4-8-15-16-10/h1-8H. The lowest BCUT2D eigenvalue weighted by atomic mass is 10.1. The van der Waals surface area contributed by atoms with Crippen LogP contribution in [0.5, 0.6) is 0 Å². The molecule has 21 heavy (non-hydrogen) atoms. The van der Waals surface area contributed by atoms with Gasteiger partial charge in [0.05, 0.1) is 4.92 Å². The number of halogens is 1. The Labute approximate surface area is 124 Å². The Hall–Kier alpha value is -2.80. The van der Waals surface area contributed by atoms with Gasteiger partial charge in [-0.2, -0.15) is 14.9 Å². The largest absolute Gasteiger partial charge is 0.334 e. The normalized spacial score (nSPS) is 10.5. The Kier molecular flexibility index (Phi) is 3.33. The van der Waals surface area contributed by atoms with Gasteiger partial charge in [-0.05, 0) is 12.1 Å². The average molecular weight is 302 g/mol. The van der Waals surface area contributed by atoms with Gasteiger partial charge in [0, 0.05) is 11.8 Å². The first-order valence-corrected chi connectivity index (χ1v) is 6.32. The van der Waals surface area contributed by atoms with Gasteiger partial charge >= 0.3 is 5.69 Å². The van der Waals surface area contributed by atoms with Gasteiger partial charge in [0.15, 0.2) is 11.5 Å². The molecule has 0 aliphatic heterocycles. The van der Waals surface area contributed by atoms with Crippen LogP contribution in [-0.2, 0) is 0 Å². The fourth-order valence-corrected chi connectivity index (χ4v) is 2.18. The van der Waals surface area contributed by atoms with Crippen molar-refractivity contribution in [1.82, 2.24) is 20.0 Å². The molecule has 1 aromatic carbocycles. The highest BCUT2D eigenvalue weighted by molar-refractivity contribution is 6.32. The zero-order valence-corrected chi connectivity index (χ0v) is 11.3. The zero-order chi connectivity index (χ0) is 14.8. The molecule has 0 fully saturated rings. The summed E-state index contributed by atoms with van der Waals surface area (Å²) in [6.07, 6.45) is 1.49. The number of nitrogens with zero attached hydrogens (tertiary/aromatic N) is 5. The van der Waals surface area contributed by atoms with Crippen LogP contribution in [0.3, 0.4) is 0 Å². The minimum Gasteiger partial charge on any atom is -0.258 e. The van der Waals surface area contributed by atoms with Crippen molar-refractivity contribution in [3.63, 3.8) is 0 Å². The topological polar surface area (TPSA) is 86.7 Å². The maximum atomic E-state index is 11.3. The van der Waals surface area contributed by atoms with E-state index in [4.69, 9.17) is 11.6 Å². The Bertz CT molecular complexity index is 789. The van der Waals surface area contributed by atoms with Crippen molar-refractivity contribution in [3.8, 4) is 17.1 Å². The van der Waals surface area contributed by atoms with E-state index in [-0.39, 0.29) is 16.5 Å². The molecule has 0 aliphatic carbocycles. The monoisotopic (exact) mass is 301 g/mol. The van der Waals surface area contributed by atoms with Gasteiger partial charge in [-0.25, -0.2) is 0 Å². The van der Waals surface area contributed by atoms with Crippen LogP contribution in [0.25, 0.3) is 17.1 Å². The molecule has 8 heteroatoms. The van der Waals surface area contributed by atoms with Crippen LogP contribution in [0, 0.1) is 10.1 Å². The van der Waals surface area contributed by atoms with Gasteiger partial charge < -0.3 is 0 Å². The molecule has 0 saturated carbocycles. The summed E-state index contributed by atoms with van der Waals surface area (Å²) in [6.45, 7) is 0. The van der Waals surface area contributed by atoms with Crippen LogP contribution < -0.4 is 0 Å². The third-order valence-electron chi connectivity index (χ3n) is 2.81. The molecule has 0 bridgehead atoms. The number of hydrogen-bond acceptors (Lipinski definition) is 5. The first-order chi connectivity index (χ1) is 10.2. The van der Waals surface area contributed by atoms with E-state index in [1.807, 2.05) is 6.07 Å². The maximum Gasteiger partial charge on any atom is 0.334 e. The zero-order valence-electron chi connectivity index (χ0n) is 10.5. The van der Waals surface area contributed by atoms with E-state index in [1.165, 1.54) is 10.9 Å². The Morgan fingerprint density at radius 1 is 1.14 bits per heavy atom. The minimum absolute atomic E-state index is 0.112. The van der Waals surface area contributed by atoms with E-state index in [9.17, 15) is 10.1 Å². The summed E-state index contributed by atoms with van der Waals surface area (Å²) >= 11 is 6.10. The molecule has 0 saturated heterocycles. The predicted octanol–water partition coefficient (Wildman–Crippen LogP) is 2.89. The summed E-state index contributed by atoms with van der Waals surface area (Å²) in [6, 6.07) is 12.1. The molecule has 0 amide bonds. The predicted molar refractivity (Wildman–Crippen MR) is 76.3 cm³/mol. The summed E-state index contributed by atoms with van der Waals surface area (Å²) in [5.74, 6) is 0.313. The van der Waals surface area contributed by atoms with E-state index < -0.39 is 4.92 Å². The third kappa shape index (κ3) is 2.34. The van der Waals surface area contributed by atoms with E-state index in [1.54, 1.807) is 36.4 Å². The second-order valence-corrected chi connectivity index (χ2v) is 4.46. The first kappa shape index (κ1) is 13.2. The van der Waals surface area contributed by atoms with Crippen LogP contribution in [-0.4, -0.2) is 24.9 Å². The highest BCUT2D eigenvalue weighted by Gasteiger charge is 2.28. The molecule has 2 heterocycles. The lowest BCUT2D eigenvalue weighted by molar-refractivity contribution is -0.384. The lowest BCUT2D eigenvalue weighted by Crippen LogP contribution is -2.00. The molecule has 0 spiro atoms. The molecular weight excluding hydrogens is 294 g/mol. The molecule has 0 N–H and O–H groups in total. The van der Waals surface area contributed by atoms with Gasteiger partial charge in [0.2, 0.25) is 5.15 Å². The molecule has 0 unspecified atom stereocenters. The van der Waals surface area contributed by atoms with Crippen molar-refractivity contribution >= 4 is 17.3 Å². The molecule has 3 aromatic rings. The Morgan fingerprint density at radius 2 is 1.90 bits per heavy atom. The molecule has 104 valence electrons. The van der Waals surface area contributed by atoms with Crippen molar-refractivity contribution in [2.45, 2.75) is 0 Å². The van der Waals surface area contributed by atoms with Crippen molar-refractivity contribution < 1.29 is 4.92 Å². The van der Waals surface area contributed by atoms with Gasteiger partial charge in [-0.1, -0.05) is 41.9 Å². The maximum absolute atomic E-state index is 11.3. The van der Waals surface area contributed by atoms with Crippen molar-refractivity contribution in [2.75, 3.05) is 0 Å². The van der Waals surface area contributed by atoms with E-state index >= 15 is 0 Å².